The van der Waals surface area contributed by atoms with Crippen LogP contribution in [-0.2, 0) is 0 Å². The van der Waals surface area contributed by atoms with Gasteiger partial charge in [0.15, 0.2) is 0 Å². The Labute approximate surface area is 157 Å². The van der Waals surface area contributed by atoms with Crippen molar-refractivity contribution in [2.24, 2.45) is 0 Å². The number of benzene rings is 1. The van der Waals surface area contributed by atoms with Crippen molar-refractivity contribution in [3.8, 4) is 11.9 Å². The van der Waals surface area contributed by atoms with Crippen LogP contribution in [0.15, 0.2) is 41.4 Å². The summed E-state index contributed by atoms with van der Waals surface area (Å²) >= 11 is 1.70. The molecule has 1 saturated heterocycles. The minimum Gasteiger partial charge on any atom is -0.474 e. The Bertz CT molecular complexity index is 748. The van der Waals surface area contributed by atoms with E-state index < -0.39 is 0 Å². The van der Waals surface area contributed by atoms with E-state index in [0.29, 0.717) is 25.0 Å². The Morgan fingerprint density at radius 2 is 2.04 bits per heavy atom. The first-order valence-corrected chi connectivity index (χ1v) is 9.74. The van der Waals surface area contributed by atoms with Gasteiger partial charge >= 0.3 is 6.01 Å². The SMILES string of the molecule is CCSc1ccccc1C(=O)N1CCC(Oc2ccnc(OC)n2)CC1. The number of carbonyl (C=O) groups is 1. The molecule has 138 valence electrons. The lowest BCUT2D eigenvalue weighted by molar-refractivity contribution is 0.0583. The fourth-order valence-electron chi connectivity index (χ4n) is 2.93. The van der Waals surface area contributed by atoms with Crippen LogP contribution in [0, 0.1) is 0 Å². The fourth-order valence-corrected chi connectivity index (χ4v) is 3.73. The van der Waals surface area contributed by atoms with Gasteiger partial charge in [-0.05, 0) is 17.9 Å². The van der Waals surface area contributed by atoms with Crippen molar-refractivity contribution < 1.29 is 14.3 Å². The molecule has 2 heterocycles. The second-order valence-corrected chi connectivity index (χ2v) is 7.23. The molecule has 6 nitrogen and oxygen atoms in total. The molecule has 1 aromatic carbocycles. The van der Waals surface area contributed by atoms with E-state index in [9.17, 15) is 4.79 Å². The lowest BCUT2D eigenvalue weighted by Gasteiger charge is -2.32. The van der Waals surface area contributed by atoms with E-state index in [1.54, 1.807) is 24.0 Å². The summed E-state index contributed by atoms with van der Waals surface area (Å²) in [6, 6.07) is 9.84. The van der Waals surface area contributed by atoms with Crippen LogP contribution in [0.5, 0.6) is 11.9 Å². The van der Waals surface area contributed by atoms with E-state index in [4.69, 9.17) is 9.47 Å². The average Bonchev–Trinajstić information content (AvgIpc) is 2.69. The summed E-state index contributed by atoms with van der Waals surface area (Å²) in [5, 5.41) is 0. The lowest BCUT2D eigenvalue weighted by atomic mass is 10.1. The number of nitrogens with zero attached hydrogens (tertiary/aromatic N) is 3. The molecular formula is C19H23N3O3S. The van der Waals surface area contributed by atoms with Gasteiger partial charge in [0.25, 0.3) is 5.91 Å². The predicted octanol–water partition coefficient (Wildman–Crippen LogP) is 3.28. The maximum atomic E-state index is 12.9. The van der Waals surface area contributed by atoms with Crippen LogP contribution in [0.1, 0.15) is 30.1 Å². The first kappa shape index (κ1) is 18.5. The summed E-state index contributed by atoms with van der Waals surface area (Å²) in [5.74, 6) is 1.55. The van der Waals surface area contributed by atoms with Gasteiger partial charge in [0.05, 0.1) is 12.7 Å². The number of carbonyl (C=O) groups excluding carboxylic acids is 1. The number of likely N-dealkylation sites (tertiary alicyclic amines) is 1. The van der Waals surface area contributed by atoms with Crippen molar-refractivity contribution >= 4 is 17.7 Å². The highest BCUT2D eigenvalue weighted by atomic mass is 32.2. The third kappa shape index (κ3) is 4.46. The van der Waals surface area contributed by atoms with E-state index in [1.807, 2.05) is 29.2 Å². The minimum atomic E-state index is 0.0407. The molecule has 3 rings (SSSR count). The average molecular weight is 373 g/mol. The fraction of sp³-hybridized carbons (Fsp3) is 0.421. The van der Waals surface area contributed by atoms with Crippen molar-refractivity contribution in [2.75, 3.05) is 26.0 Å². The molecule has 0 saturated carbocycles. The van der Waals surface area contributed by atoms with Gasteiger partial charge in [0.1, 0.15) is 6.10 Å². The summed E-state index contributed by atoms with van der Waals surface area (Å²) in [7, 11) is 1.53. The topological polar surface area (TPSA) is 64.6 Å². The largest absolute Gasteiger partial charge is 0.474 e. The molecule has 1 fully saturated rings. The van der Waals surface area contributed by atoms with E-state index in [1.165, 1.54) is 7.11 Å². The van der Waals surface area contributed by atoms with Crippen LogP contribution in [0.25, 0.3) is 0 Å². The summed E-state index contributed by atoms with van der Waals surface area (Å²) in [6.07, 6.45) is 3.21. The maximum absolute atomic E-state index is 12.9. The van der Waals surface area contributed by atoms with Gasteiger partial charge in [-0.3, -0.25) is 4.79 Å². The van der Waals surface area contributed by atoms with Crippen LogP contribution in [0.3, 0.4) is 0 Å². The number of rotatable bonds is 6. The van der Waals surface area contributed by atoms with Gasteiger partial charge < -0.3 is 14.4 Å². The van der Waals surface area contributed by atoms with Gasteiger partial charge in [-0.15, -0.1) is 11.8 Å². The van der Waals surface area contributed by atoms with Gasteiger partial charge in [-0.25, -0.2) is 4.98 Å². The summed E-state index contributed by atoms with van der Waals surface area (Å²) in [5.41, 5.74) is 0.791. The zero-order chi connectivity index (χ0) is 18.4. The minimum absolute atomic E-state index is 0.0407. The smallest absolute Gasteiger partial charge is 0.319 e. The van der Waals surface area contributed by atoms with Gasteiger partial charge in [-0.1, -0.05) is 19.1 Å². The van der Waals surface area contributed by atoms with Crippen molar-refractivity contribution in [3.05, 3.63) is 42.1 Å². The number of aromatic nitrogens is 2. The molecule has 0 spiro atoms. The molecule has 7 heteroatoms. The number of piperidine rings is 1. The number of ether oxygens (including phenoxy) is 2. The molecule has 1 aliphatic heterocycles. The first-order chi connectivity index (χ1) is 12.7. The zero-order valence-corrected chi connectivity index (χ0v) is 15.9. The van der Waals surface area contributed by atoms with E-state index in [-0.39, 0.29) is 12.0 Å². The predicted molar refractivity (Wildman–Crippen MR) is 101 cm³/mol. The third-order valence-electron chi connectivity index (χ3n) is 4.22. The van der Waals surface area contributed by atoms with Crippen molar-refractivity contribution in [1.29, 1.82) is 0 Å². The number of methoxy groups -OCH3 is 1. The van der Waals surface area contributed by atoms with Gasteiger partial charge in [-0.2, -0.15) is 4.98 Å². The molecule has 0 unspecified atom stereocenters. The Morgan fingerprint density at radius 1 is 1.27 bits per heavy atom. The van der Waals surface area contributed by atoms with Crippen LogP contribution < -0.4 is 9.47 Å². The van der Waals surface area contributed by atoms with Crippen molar-refractivity contribution in [1.82, 2.24) is 14.9 Å². The molecule has 1 aromatic heterocycles. The molecule has 0 radical (unpaired) electrons. The highest BCUT2D eigenvalue weighted by Crippen LogP contribution is 2.25. The monoisotopic (exact) mass is 373 g/mol. The highest BCUT2D eigenvalue weighted by Gasteiger charge is 2.26. The summed E-state index contributed by atoms with van der Waals surface area (Å²) in [4.78, 5) is 24.0. The maximum Gasteiger partial charge on any atom is 0.319 e. The Morgan fingerprint density at radius 3 is 2.77 bits per heavy atom. The number of hydrogen-bond donors (Lipinski definition) is 0. The molecule has 1 aliphatic rings. The van der Waals surface area contributed by atoms with E-state index in [2.05, 4.69) is 16.9 Å². The lowest BCUT2D eigenvalue weighted by Crippen LogP contribution is -2.42. The summed E-state index contributed by atoms with van der Waals surface area (Å²) in [6.45, 7) is 3.45. The van der Waals surface area contributed by atoms with Crippen molar-refractivity contribution in [2.45, 2.75) is 30.8 Å². The normalized spacial score (nSPS) is 14.9. The van der Waals surface area contributed by atoms with Crippen molar-refractivity contribution in [3.63, 3.8) is 0 Å². The number of hydrogen-bond acceptors (Lipinski definition) is 6. The van der Waals surface area contributed by atoms with Gasteiger partial charge in [0, 0.05) is 43.1 Å². The Balaban J connectivity index is 1.59. The quantitative estimate of drug-likeness (QED) is 0.724. The molecule has 2 aromatic rings. The molecule has 26 heavy (non-hydrogen) atoms. The summed E-state index contributed by atoms with van der Waals surface area (Å²) < 4.78 is 10.9. The third-order valence-corrected chi connectivity index (χ3v) is 5.18. The molecule has 1 amide bonds. The Hall–Kier alpha value is -2.28. The molecule has 0 atom stereocenters. The molecule has 0 N–H and O–H groups in total. The van der Waals surface area contributed by atoms with Crippen LogP contribution in [0.4, 0.5) is 0 Å². The van der Waals surface area contributed by atoms with Crippen LogP contribution >= 0.6 is 11.8 Å². The Kier molecular flexibility index (Phi) is 6.33. The second kappa shape index (κ2) is 8.89. The molecule has 0 aliphatic carbocycles. The first-order valence-electron chi connectivity index (χ1n) is 8.76. The van der Waals surface area contributed by atoms with E-state index in [0.717, 1.165) is 29.1 Å². The van der Waals surface area contributed by atoms with E-state index >= 15 is 0 Å². The zero-order valence-electron chi connectivity index (χ0n) is 15.1. The van der Waals surface area contributed by atoms with Crippen LogP contribution in [-0.4, -0.2) is 52.8 Å². The van der Waals surface area contributed by atoms with Gasteiger partial charge in [0.2, 0.25) is 5.88 Å². The second-order valence-electron chi connectivity index (χ2n) is 5.92. The number of thioether (sulfide) groups is 1. The van der Waals surface area contributed by atoms with Crippen LogP contribution in [0.2, 0.25) is 0 Å². The number of amides is 1. The molecular weight excluding hydrogens is 350 g/mol. The standard InChI is InChI=1S/C19H23N3O3S/c1-3-26-16-7-5-4-6-15(16)18(23)22-12-9-14(10-13-22)25-17-8-11-20-19(21-17)24-2/h4-8,11,14H,3,9-10,12-13H2,1-2H3. The molecule has 0 bridgehead atoms. The highest BCUT2D eigenvalue weighted by molar-refractivity contribution is 7.99.